The van der Waals surface area contributed by atoms with E-state index in [0.717, 1.165) is 36.0 Å². The molecule has 0 aliphatic carbocycles. The molecule has 0 radical (unpaired) electrons. The number of carbonyl (C=O) groups excluding carboxylic acids is 2. The number of halogens is 1. The number of benzene rings is 4. The third-order valence-electron chi connectivity index (χ3n) is 6.68. The number of hydrogen-bond acceptors (Lipinski definition) is 5. The molecule has 4 aromatic rings. The molecule has 0 aromatic heterocycles. The van der Waals surface area contributed by atoms with Gasteiger partial charge in [0, 0.05) is 49.4 Å². The van der Waals surface area contributed by atoms with Crippen molar-refractivity contribution in [2.45, 2.75) is 6.54 Å². The van der Waals surface area contributed by atoms with Crippen LogP contribution in [0.15, 0.2) is 90.0 Å². The summed E-state index contributed by atoms with van der Waals surface area (Å²) in [6, 6.07) is 25.9. The van der Waals surface area contributed by atoms with Gasteiger partial charge in [-0.1, -0.05) is 72.3 Å². The van der Waals surface area contributed by atoms with Crippen molar-refractivity contribution in [1.82, 2.24) is 15.2 Å². The lowest BCUT2D eigenvalue weighted by Gasteiger charge is -2.35. The number of fused-ring (bicyclic) bond motifs is 1. The zero-order chi connectivity index (χ0) is 26.5. The van der Waals surface area contributed by atoms with E-state index < -0.39 is 5.91 Å². The molecule has 192 valence electrons. The van der Waals surface area contributed by atoms with E-state index in [1.165, 1.54) is 23.8 Å². The summed E-state index contributed by atoms with van der Waals surface area (Å²) >= 11 is 5.89. The third kappa shape index (κ3) is 5.69. The molecular formula is C30H27ClN4O3. The highest BCUT2D eigenvalue weighted by molar-refractivity contribution is 6.32. The van der Waals surface area contributed by atoms with Crippen molar-refractivity contribution in [2.75, 3.05) is 26.2 Å². The fourth-order valence-electron chi connectivity index (χ4n) is 4.62. The van der Waals surface area contributed by atoms with Crippen LogP contribution in [0.25, 0.3) is 10.8 Å². The predicted octanol–water partition coefficient (Wildman–Crippen LogP) is 4.92. The zero-order valence-corrected chi connectivity index (χ0v) is 21.4. The second kappa shape index (κ2) is 11.5. The molecule has 1 aliphatic rings. The topological polar surface area (TPSA) is 85.2 Å². The molecule has 0 spiro atoms. The first-order chi connectivity index (χ1) is 18.5. The van der Waals surface area contributed by atoms with Gasteiger partial charge in [-0.15, -0.1) is 0 Å². The molecule has 1 saturated heterocycles. The van der Waals surface area contributed by atoms with Crippen LogP contribution in [0.1, 0.15) is 31.8 Å². The largest absolute Gasteiger partial charge is 0.506 e. The number of amides is 2. The highest BCUT2D eigenvalue weighted by atomic mass is 35.5. The Balaban J connectivity index is 1.27. The molecule has 5 rings (SSSR count). The first kappa shape index (κ1) is 25.4. The number of hydrogen-bond donors (Lipinski definition) is 2. The molecule has 2 N–H and O–H groups in total. The van der Waals surface area contributed by atoms with E-state index in [9.17, 15) is 14.7 Å². The molecule has 1 fully saturated rings. The number of phenols is 1. The van der Waals surface area contributed by atoms with Crippen LogP contribution in [0.2, 0.25) is 5.02 Å². The maximum absolute atomic E-state index is 13.5. The Morgan fingerprint density at radius 3 is 2.34 bits per heavy atom. The second-order valence-electron chi connectivity index (χ2n) is 9.17. The van der Waals surface area contributed by atoms with Gasteiger partial charge in [0.05, 0.1) is 11.2 Å². The molecule has 0 bridgehead atoms. The van der Waals surface area contributed by atoms with Crippen molar-refractivity contribution in [3.63, 3.8) is 0 Å². The molecule has 0 saturated carbocycles. The van der Waals surface area contributed by atoms with Gasteiger partial charge in [0.2, 0.25) is 0 Å². The van der Waals surface area contributed by atoms with Gasteiger partial charge in [-0.2, -0.15) is 5.10 Å². The van der Waals surface area contributed by atoms with Crippen LogP contribution in [0.4, 0.5) is 0 Å². The van der Waals surface area contributed by atoms with E-state index in [0.29, 0.717) is 18.7 Å². The summed E-state index contributed by atoms with van der Waals surface area (Å²) in [5, 5.41) is 15.4. The maximum Gasteiger partial charge on any atom is 0.271 e. The number of hydrazone groups is 1. The Kier molecular flexibility index (Phi) is 7.67. The average Bonchev–Trinajstić information content (AvgIpc) is 2.95. The Hall–Kier alpha value is -4.20. The van der Waals surface area contributed by atoms with Gasteiger partial charge >= 0.3 is 0 Å². The first-order valence-electron chi connectivity index (χ1n) is 12.4. The van der Waals surface area contributed by atoms with E-state index in [4.69, 9.17) is 11.6 Å². The molecule has 1 heterocycles. The van der Waals surface area contributed by atoms with Crippen molar-refractivity contribution >= 4 is 40.4 Å². The molecule has 38 heavy (non-hydrogen) atoms. The third-order valence-corrected chi connectivity index (χ3v) is 6.98. The highest BCUT2D eigenvalue weighted by Gasteiger charge is 2.23. The second-order valence-corrected chi connectivity index (χ2v) is 9.57. The van der Waals surface area contributed by atoms with Gasteiger partial charge in [-0.3, -0.25) is 14.5 Å². The number of nitrogens with zero attached hydrogens (tertiary/aromatic N) is 3. The summed E-state index contributed by atoms with van der Waals surface area (Å²) in [5.74, 6) is -0.533. The molecule has 0 unspecified atom stereocenters. The molecule has 0 atom stereocenters. The Labute approximate surface area is 225 Å². The lowest BCUT2D eigenvalue weighted by Crippen LogP contribution is -2.48. The Bertz CT molecular complexity index is 1500. The molecule has 7 nitrogen and oxygen atoms in total. The van der Waals surface area contributed by atoms with Crippen molar-refractivity contribution in [3.8, 4) is 5.75 Å². The summed E-state index contributed by atoms with van der Waals surface area (Å²) < 4.78 is 0. The minimum absolute atomic E-state index is 0.0153. The molecular weight excluding hydrogens is 500 g/mol. The smallest absolute Gasteiger partial charge is 0.271 e. The monoisotopic (exact) mass is 526 g/mol. The number of rotatable bonds is 6. The number of nitrogens with one attached hydrogen (secondary N) is 1. The van der Waals surface area contributed by atoms with Crippen molar-refractivity contribution in [3.05, 3.63) is 112 Å². The quantitative estimate of drug-likeness (QED) is 0.276. The van der Waals surface area contributed by atoms with E-state index in [1.54, 1.807) is 6.21 Å². The van der Waals surface area contributed by atoms with Crippen molar-refractivity contribution in [2.24, 2.45) is 5.10 Å². The molecule has 2 amide bonds. The van der Waals surface area contributed by atoms with Gasteiger partial charge in [0.1, 0.15) is 5.75 Å². The van der Waals surface area contributed by atoms with Crippen LogP contribution in [-0.2, 0) is 6.54 Å². The minimum Gasteiger partial charge on any atom is -0.506 e. The Morgan fingerprint density at radius 1 is 0.895 bits per heavy atom. The number of piperazine rings is 1. The van der Waals surface area contributed by atoms with Crippen LogP contribution in [0.5, 0.6) is 5.75 Å². The minimum atomic E-state index is -0.453. The van der Waals surface area contributed by atoms with E-state index in [2.05, 4.69) is 27.6 Å². The van der Waals surface area contributed by atoms with Gasteiger partial charge in [0.15, 0.2) is 0 Å². The lowest BCUT2D eigenvalue weighted by atomic mass is 9.99. The highest BCUT2D eigenvalue weighted by Crippen LogP contribution is 2.25. The van der Waals surface area contributed by atoms with Gasteiger partial charge in [-0.05, 0) is 40.6 Å². The van der Waals surface area contributed by atoms with Gasteiger partial charge in [0.25, 0.3) is 11.8 Å². The molecule has 8 heteroatoms. The van der Waals surface area contributed by atoms with E-state index >= 15 is 0 Å². The summed E-state index contributed by atoms with van der Waals surface area (Å²) in [6.07, 6.45) is 1.55. The standard InChI is InChI=1S/C30H27ClN4O3/c31-27-18-22(11-13-28(27)36)29(37)33-32-19-23-10-12-26(25-9-5-4-8-24(23)25)30(38)35-16-14-34(15-17-35)20-21-6-2-1-3-7-21/h1-13,18-19,36H,14-17,20H2,(H,33,37)/b32-19+. The summed E-state index contributed by atoms with van der Waals surface area (Å²) in [7, 11) is 0. The average molecular weight is 527 g/mol. The van der Waals surface area contributed by atoms with Crippen molar-refractivity contribution < 1.29 is 14.7 Å². The fourth-order valence-corrected chi connectivity index (χ4v) is 4.80. The van der Waals surface area contributed by atoms with Gasteiger partial charge < -0.3 is 10.0 Å². The summed E-state index contributed by atoms with van der Waals surface area (Å²) in [4.78, 5) is 30.2. The van der Waals surface area contributed by atoms with Crippen molar-refractivity contribution in [1.29, 1.82) is 0 Å². The van der Waals surface area contributed by atoms with Crippen LogP contribution in [0.3, 0.4) is 0 Å². The number of phenolic OH excluding ortho intramolecular Hbond substituents is 1. The molecule has 4 aromatic carbocycles. The number of aromatic hydroxyl groups is 1. The molecule has 1 aliphatic heterocycles. The van der Waals surface area contributed by atoms with Gasteiger partial charge in [-0.25, -0.2) is 5.43 Å². The van der Waals surface area contributed by atoms with E-state index in [1.807, 2.05) is 59.5 Å². The maximum atomic E-state index is 13.5. The van der Waals surface area contributed by atoms with Crippen LogP contribution >= 0.6 is 11.6 Å². The van der Waals surface area contributed by atoms with E-state index in [-0.39, 0.29) is 22.2 Å². The predicted molar refractivity (Wildman–Crippen MR) is 150 cm³/mol. The fraction of sp³-hybridized carbons (Fsp3) is 0.167. The SMILES string of the molecule is O=C(N/N=C/c1ccc(C(=O)N2CCN(Cc3ccccc3)CC2)c2ccccc12)c1ccc(O)c(Cl)c1. The first-order valence-corrected chi connectivity index (χ1v) is 12.8. The van der Waals surface area contributed by atoms with Crippen LogP contribution in [-0.4, -0.2) is 59.1 Å². The lowest BCUT2D eigenvalue weighted by molar-refractivity contribution is 0.0630. The summed E-state index contributed by atoms with van der Waals surface area (Å²) in [5.41, 5.74) is 5.46. The Morgan fingerprint density at radius 2 is 1.61 bits per heavy atom. The number of carbonyl (C=O) groups is 2. The van der Waals surface area contributed by atoms with Crippen LogP contribution < -0.4 is 5.43 Å². The normalized spacial score (nSPS) is 14.2. The van der Waals surface area contributed by atoms with Crippen LogP contribution in [0, 0.1) is 0 Å². The summed E-state index contributed by atoms with van der Waals surface area (Å²) in [6.45, 7) is 3.90. The zero-order valence-electron chi connectivity index (χ0n) is 20.7.